The molecule has 23 heavy (non-hydrogen) atoms. The van der Waals surface area contributed by atoms with Crippen molar-refractivity contribution in [1.29, 1.82) is 0 Å². The second kappa shape index (κ2) is 7.57. The summed E-state index contributed by atoms with van der Waals surface area (Å²) in [6.07, 6.45) is 0.891. The standard InChI is InChI=1S/C15H20BrN5OS/c16-11-2-3-12-13(10-11)23-15(19-12)21(14(17)22)7-1-6-20-8-4-18-5-9-20/h2-3,10,18H,1,4-9H2,(H2,17,22). The van der Waals surface area contributed by atoms with Crippen LogP contribution in [0.3, 0.4) is 0 Å². The summed E-state index contributed by atoms with van der Waals surface area (Å²) in [5.74, 6) is 0. The molecule has 1 aromatic heterocycles. The number of nitrogens with zero attached hydrogens (tertiary/aromatic N) is 3. The van der Waals surface area contributed by atoms with Gasteiger partial charge in [-0.3, -0.25) is 4.90 Å². The smallest absolute Gasteiger partial charge is 0.321 e. The van der Waals surface area contributed by atoms with Crippen LogP contribution >= 0.6 is 27.3 Å². The lowest BCUT2D eigenvalue weighted by atomic mass is 10.3. The summed E-state index contributed by atoms with van der Waals surface area (Å²) in [4.78, 5) is 20.3. The summed E-state index contributed by atoms with van der Waals surface area (Å²) < 4.78 is 2.05. The van der Waals surface area contributed by atoms with E-state index >= 15 is 0 Å². The fourth-order valence-corrected chi connectivity index (χ4v) is 4.24. The van der Waals surface area contributed by atoms with Gasteiger partial charge in [0.15, 0.2) is 5.13 Å². The topological polar surface area (TPSA) is 74.5 Å². The first-order valence-electron chi connectivity index (χ1n) is 7.69. The molecule has 0 unspecified atom stereocenters. The normalized spacial score (nSPS) is 15.9. The van der Waals surface area contributed by atoms with Crippen LogP contribution in [0.5, 0.6) is 0 Å². The number of carbonyl (C=O) groups is 1. The van der Waals surface area contributed by atoms with E-state index < -0.39 is 6.03 Å². The Bertz CT molecular complexity index is 686. The number of aromatic nitrogens is 1. The summed E-state index contributed by atoms with van der Waals surface area (Å²) in [6, 6.07) is 5.46. The van der Waals surface area contributed by atoms with Gasteiger partial charge in [-0.25, -0.2) is 9.78 Å². The van der Waals surface area contributed by atoms with Crippen LogP contribution in [-0.4, -0.2) is 55.2 Å². The summed E-state index contributed by atoms with van der Waals surface area (Å²) in [6.45, 7) is 5.76. The molecule has 0 saturated carbocycles. The maximum atomic E-state index is 11.8. The van der Waals surface area contributed by atoms with E-state index in [1.807, 2.05) is 18.2 Å². The molecule has 3 N–H and O–H groups in total. The van der Waals surface area contributed by atoms with Crippen LogP contribution in [0.4, 0.5) is 9.93 Å². The van der Waals surface area contributed by atoms with Crippen molar-refractivity contribution in [2.24, 2.45) is 5.73 Å². The van der Waals surface area contributed by atoms with Gasteiger partial charge in [0.1, 0.15) is 0 Å². The lowest BCUT2D eigenvalue weighted by Gasteiger charge is -2.27. The molecule has 2 heterocycles. The third kappa shape index (κ3) is 4.20. The van der Waals surface area contributed by atoms with Gasteiger partial charge in [0.2, 0.25) is 0 Å². The number of nitrogens with one attached hydrogen (secondary N) is 1. The number of piperazine rings is 1. The maximum absolute atomic E-state index is 11.8. The molecule has 1 fully saturated rings. The number of urea groups is 1. The average molecular weight is 398 g/mol. The number of halogens is 1. The Hall–Kier alpha value is -1.22. The van der Waals surface area contributed by atoms with Crippen LogP contribution in [0.15, 0.2) is 22.7 Å². The summed E-state index contributed by atoms with van der Waals surface area (Å²) >= 11 is 4.95. The van der Waals surface area contributed by atoms with E-state index in [0.717, 1.165) is 53.8 Å². The Morgan fingerprint density at radius 3 is 2.96 bits per heavy atom. The van der Waals surface area contributed by atoms with Crippen molar-refractivity contribution in [3.63, 3.8) is 0 Å². The number of thiazole rings is 1. The molecule has 2 amide bonds. The highest BCUT2D eigenvalue weighted by molar-refractivity contribution is 9.10. The summed E-state index contributed by atoms with van der Waals surface area (Å²) in [7, 11) is 0. The molecule has 0 aliphatic carbocycles. The van der Waals surface area contributed by atoms with Crippen LogP contribution in [0, 0.1) is 0 Å². The molecule has 124 valence electrons. The number of hydrogen-bond donors (Lipinski definition) is 2. The highest BCUT2D eigenvalue weighted by atomic mass is 79.9. The molecule has 0 radical (unpaired) electrons. The minimum absolute atomic E-state index is 0.441. The van der Waals surface area contributed by atoms with E-state index in [-0.39, 0.29) is 0 Å². The Kier molecular flexibility index (Phi) is 5.47. The van der Waals surface area contributed by atoms with E-state index in [4.69, 9.17) is 5.73 Å². The molecule has 6 nitrogen and oxygen atoms in total. The third-order valence-corrected chi connectivity index (χ3v) is 5.44. The molecular weight excluding hydrogens is 378 g/mol. The van der Waals surface area contributed by atoms with Gasteiger partial charge in [0, 0.05) is 37.2 Å². The highest BCUT2D eigenvalue weighted by Crippen LogP contribution is 2.30. The molecule has 8 heteroatoms. The maximum Gasteiger partial charge on any atom is 0.321 e. The first-order chi connectivity index (χ1) is 11.1. The zero-order chi connectivity index (χ0) is 16.2. The van der Waals surface area contributed by atoms with Crippen molar-refractivity contribution in [3.05, 3.63) is 22.7 Å². The largest absolute Gasteiger partial charge is 0.351 e. The molecular formula is C15H20BrN5OS. The van der Waals surface area contributed by atoms with Crippen LogP contribution < -0.4 is 16.0 Å². The monoisotopic (exact) mass is 397 g/mol. The van der Waals surface area contributed by atoms with Gasteiger partial charge in [-0.1, -0.05) is 27.3 Å². The lowest BCUT2D eigenvalue weighted by Crippen LogP contribution is -2.45. The molecule has 1 aromatic carbocycles. The molecule has 3 rings (SSSR count). The van der Waals surface area contributed by atoms with E-state index in [0.29, 0.717) is 11.7 Å². The number of benzene rings is 1. The molecule has 0 spiro atoms. The average Bonchev–Trinajstić information content (AvgIpc) is 2.94. The van der Waals surface area contributed by atoms with Gasteiger partial charge in [0.25, 0.3) is 0 Å². The zero-order valence-corrected chi connectivity index (χ0v) is 15.2. The van der Waals surface area contributed by atoms with E-state index in [1.165, 1.54) is 11.3 Å². The van der Waals surface area contributed by atoms with Gasteiger partial charge in [-0.15, -0.1) is 0 Å². The van der Waals surface area contributed by atoms with E-state index in [2.05, 4.69) is 31.1 Å². The first kappa shape index (κ1) is 16.6. The second-order valence-corrected chi connectivity index (χ2v) is 7.47. The van der Waals surface area contributed by atoms with Gasteiger partial charge in [-0.05, 0) is 31.2 Å². The van der Waals surface area contributed by atoms with Crippen molar-refractivity contribution < 1.29 is 4.79 Å². The number of carbonyl (C=O) groups excluding carboxylic acids is 1. The molecule has 0 atom stereocenters. The van der Waals surface area contributed by atoms with Crippen LogP contribution in [-0.2, 0) is 0 Å². The van der Waals surface area contributed by atoms with Crippen molar-refractivity contribution >= 4 is 48.6 Å². The van der Waals surface area contributed by atoms with E-state index in [1.54, 1.807) is 4.90 Å². The van der Waals surface area contributed by atoms with Gasteiger partial charge >= 0.3 is 6.03 Å². The van der Waals surface area contributed by atoms with Crippen LogP contribution in [0.25, 0.3) is 10.2 Å². The van der Waals surface area contributed by atoms with Gasteiger partial charge < -0.3 is 16.0 Å². The quantitative estimate of drug-likeness (QED) is 0.810. The molecule has 1 saturated heterocycles. The number of anilines is 1. The van der Waals surface area contributed by atoms with Crippen molar-refractivity contribution in [1.82, 2.24) is 15.2 Å². The Morgan fingerprint density at radius 2 is 2.22 bits per heavy atom. The summed E-state index contributed by atoms with van der Waals surface area (Å²) in [5.41, 5.74) is 6.45. The minimum atomic E-state index is -0.441. The first-order valence-corrected chi connectivity index (χ1v) is 9.30. The zero-order valence-electron chi connectivity index (χ0n) is 12.8. The molecule has 0 bridgehead atoms. The van der Waals surface area contributed by atoms with E-state index in [9.17, 15) is 4.79 Å². The van der Waals surface area contributed by atoms with Crippen LogP contribution in [0.2, 0.25) is 0 Å². The molecule has 1 aliphatic heterocycles. The SMILES string of the molecule is NC(=O)N(CCCN1CCNCC1)c1nc2ccc(Br)cc2s1. The van der Waals surface area contributed by atoms with Gasteiger partial charge in [0.05, 0.1) is 10.2 Å². The van der Waals surface area contributed by atoms with Crippen LogP contribution in [0.1, 0.15) is 6.42 Å². The number of hydrogen-bond acceptors (Lipinski definition) is 5. The Morgan fingerprint density at radius 1 is 1.43 bits per heavy atom. The number of fused-ring (bicyclic) bond motifs is 1. The lowest BCUT2D eigenvalue weighted by molar-refractivity contribution is 0.237. The number of amides is 2. The second-order valence-electron chi connectivity index (χ2n) is 5.54. The fraction of sp³-hybridized carbons (Fsp3) is 0.467. The summed E-state index contributed by atoms with van der Waals surface area (Å²) in [5, 5.41) is 4.01. The van der Waals surface area contributed by atoms with Gasteiger partial charge in [-0.2, -0.15) is 0 Å². The third-order valence-electron chi connectivity index (χ3n) is 3.90. The van der Waals surface area contributed by atoms with Crippen molar-refractivity contribution in [2.45, 2.75) is 6.42 Å². The van der Waals surface area contributed by atoms with Crippen molar-refractivity contribution in [3.8, 4) is 0 Å². The number of rotatable bonds is 5. The number of nitrogens with two attached hydrogens (primary N) is 1. The Balaban J connectivity index is 1.66. The minimum Gasteiger partial charge on any atom is -0.351 e. The predicted octanol–water partition coefficient (Wildman–Crippen LogP) is 2.24. The number of primary amides is 1. The van der Waals surface area contributed by atoms with Crippen molar-refractivity contribution in [2.75, 3.05) is 44.2 Å². The fourth-order valence-electron chi connectivity index (χ4n) is 2.69. The Labute approximate surface area is 147 Å². The molecule has 2 aromatic rings. The molecule has 1 aliphatic rings. The predicted molar refractivity (Wildman–Crippen MR) is 98.2 cm³/mol. The highest BCUT2D eigenvalue weighted by Gasteiger charge is 2.18.